The molecule has 0 atom stereocenters. The third-order valence-electron chi connectivity index (χ3n) is 2.41. The first-order chi connectivity index (χ1) is 6.74. The topological polar surface area (TPSA) is 4.93 Å². The van der Waals surface area contributed by atoms with Gasteiger partial charge in [-0.25, -0.2) is 0 Å². The van der Waals surface area contributed by atoms with Crippen LogP contribution in [-0.4, -0.2) is 4.57 Å². The second-order valence-corrected chi connectivity index (χ2v) is 3.21. The zero-order chi connectivity index (χ0) is 10.1. The lowest BCUT2D eigenvalue weighted by Gasteiger charge is -2.06. The van der Waals surface area contributed by atoms with E-state index in [2.05, 4.69) is 0 Å². The molecule has 1 nitrogen and oxygen atoms in total. The number of halogens is 2. The lowest BCUT2D eigenvalue weighted by atomic mass is 10.1. The van der Waals surface area contributed by atoms with Gasteiger partial charge in [-0.1, -0.05) is 25.1 Å². The molecule has 0 aliphatic carbocycles. The Bertz CT molecular complexity index is 445. The molecule has 74 valence electrons. The van der Waals surface area contributed by atoms with E-state index < -0.39 is 6.55 Å². The Morgan fingerprint density at radius 1 is 1.29 bits per heavy atom. The number of aromatic nitrogens is 1. The molecule has 3 heteroatoms. The molecule has 0 aliphatic heterocycles. The fourth-order valence-electron chi connectivity index (χ4n) is 1.74. The molecule has 14 heavy (non-hydrogen) atoms. The molecule has 0 unspecified atom stereocenters. The van der Waals surface area contributed by atoms with Crippen molar-refractivity contribution in [3.8, 4) is 0 Å². The van der Waals surface area contributed by atoms with E-state index in [4.69, 9.17) is 0 Å². The van der Waals surface area contributed by atoms with Gasteiger partial charge in [0.05, 0.1) is 5.52 Å². The van der Waals surface area contributed by atoms with E-state index in [1.165, 1.54) is 6.20 Å². The molecule has 0 saturated heterocycles. The fourth-order valence-corrected chi connectivity index (χ4v) is 1.74. The largest absolute Gasteiger partial charge is 0.319 e. The van der Waals surface area contributed by atoms with Crippen LogP contribution in [0.15, 0.2) is 30.5 Å². The van der Waals surface area contributed by atoms with Gasteiger partial charge >= 0.3 is 6.55 Å². The molecular weight excluding hydrogens is 184 g/mol. The first kappa shape index (κ1) is 9.19. The molecule has 0 fully saturated rings. The van der Waals surface area contributed by atoms with E-state index in [9.17, 15) is 8.78 Å². The summed E-state index contributed by atoms with van der Waals surface area (Å²) in [5, 5.41) is 0.879. The molecule has 0 saturated carbocycles. The van der Waals surface area contributed by atoms with Gasteiger partial charge in [-0.05, 0) is 18.1 Å². The SMILES string of the molecule is CCc1cccc2ccn(C(F)F)c12. The van der Waals surface area contributed by atoms with Gasteiger partial charge in [0.15, 0.2) is 0 Å². The van der Waals surface area contributed by atoms with Crippen LogP contribution >= 0.6 is 0 Å². The molecule has 2 rings (SSSR count). The van der Waals surface area contributed by atoms with Gasteiger partial charge in [0.2, 0.25) is 0 Å². The second kappa shape index (κ2) is 3.40. The highest BCUT2D eigenvalue weighted by Gasteiger charge is 2.11. The second-order valence-electron chi connectivity index (χ2n) is 3.21. The minimum atomic E-state index is -2.46. The van der Waals surface area contributed by atoms with Gasteiger partial charge in [-0.3, -0.25) is 4.57 Å². The maximum Gasteiger partial charge on any atom is 0.319 e. The van der Waals surface area contributed by atoms with Crippen LogP contribution in [0.5, 0.6) is 0 Å². The zero-order valence-corrected chi connectivity index (χ0v) is 7.87. The van der Waals surface area contributed by atoms with Crippen LogP contribution in [0.2, 0.25) is 0 Å². The maximum absolute atomic E-state index is 12.6. The van der Waals surface area contributed by atoms with E-state index in [1.54, 1.807) is 6.07 Å². The third-order valence-corrected chi connectivity index (χ3v) is 2.41. The number of fused-ring (bicyclic) bond motifs is 1. The number of para-hydroxylation sites is 1. The number of benzene rings is 1. The monoisotopic (exact) mass is 195 g/mol. The number of hydrogen-bond acceptors (Lipinski definition) is 0. The Morgan fingerprint density at radius 2 is 2.07 bits per heavy atom. The van der Waals surface area contributed by atoms with Crippen molar-refractivity contribution in [2.75, 3.05) is 0 Å². The van der Waals surface area contributed by atoms with Gasteiger partial charge < -0.3 is 0 Å². The predicted octanol–water partition coefficient (Wildman–Crippen LogP) is 3.60. The standard InChI is InChI=1S/C11H11F2N/c1-2-8-4-3-5-9-6-7-14(10(8)9)11(12)13/h3-7,11H,2H2,1H3. The van der Waals surface area contributed by atoms with Gasteiger partial charge in [0, 0.05) is 11.6 Å². The quantitative estimate of drug-likeness (QED) is 0.690. The van der Waals surface area contributed by atoms with Crippen molar-refractivity contribution in [1.82, 2.24) is 4.57 Å². The van der Waals surface area contributed by atoms with E-state index in [0.717, 1.165) is 21.9 Å². The molecule has 0 amide bonds. The van der Waals surface area contributed by atoms with E-state index >= 15 is 0 Å². The summed E-state index contributed by atoms with van der Waals surface area (Å²) < 4.78 is 26.2. The lowest BCUT2D eigenvalue weighted by Crippen LogP contribution is -1.97. The highest BCUT2D eigenvalue weighted by molar-refractivity contribution is 5.83. The molecule has 0 N–H and O–H groups in total. The highest BCUT2D eigenvalue weighted by atomic mass is 19.3. The van der Waals surface area contributed by atoms with Crippen LogP contribution in [0.1, 0.15) is 19.0 Å². The van der Waals surface area contributed by atoms with Crippen LogP contribution in [-0.2, 0) is 6.42 Å². The molecule has 0 aliphatic rings. The average molecular weight is 195 g/mol. The molecule has 0 radical (unpaired) electrons. The Kier molecular flexibility index (Phi) is 2.23. The predicted molar refractivity (Wildman–Crippen MR) is 52.6 cm³/mol. The Labute approximate surface area is 81.0 Å². The van der Waals surface area contributed by atoms with E-state index in [-0.39, 0.29) is 0 Å². The molecule has 1 aromatic heterocycles. The fraction of sp³-hybridized carbons (Fsp3) is 0.273. The minimum absolute atomic E-state index is 0.657. The van der Waals surface area contributed by atoms with E-state index in [1.807, 2.05) is 25.1 Å². The van der Waals surface area contributed by atoms with Crippen LogP contribution in [0.25, 0.3) is 10.9 Å². The molecule has 1 heterocycles. The first-order valence-electron chi connectivity index (χ1n) is 4.60. The average Bonchev–Trinajstić information content (AvgIpc) is 2.60. The zero-order valence-electron chi connectivity index (χ0n) is 7.87. The Hall–Kier alpha value is -1.38. The molecule has 1 aromatic carbocycles. The van der Waals surface area contributed by atoms with Crippen molar-refractivity contribution in [2.45, 2.75) is 19.9 Å². The summed E-state index contributed by atoms with van der Waals surface area (Å²) in [7, 11) is 0. The van der Waals surface area contributed by atoms with Gasteiger partial charge in [-0.2, -0.15) is 8.78 Å². The van der Waals surface area contributed by atoms with Gasteiger partial charge in [0.25, 0.3) is 0 Å². The summed E-state index contributed by atoms with van der Waals surface area (Å²) in [6, 6.07) is 7.37. The summed E-state index contributed by atoms with van der Waals surface area (Å²) in [6.07, 6.45) is 2.21. The summed E-state index contributed by atoms with van der Waals surface area (Å²) in [5.41, 5.74) is 1.62. The summed E-state index contributed by atoms with van der Waals surface area (Å²) in [6.45, 7) is -0.488. The number of nitrogens with zero attached hydrogens (tertiary/aromatic N) is 1. The lowest BCUT2D eigenvalue weighted by molar-refractivity contribution is 0.0751. The summed E-state index contributed by atoms with van der Waals surface area (Å²) in [4.78, 5) is 0. The maximum atomic E-state index is 12.6. The number of aryl methyl sites for hydroxylation is 1. The van der Waals surface area contributed by atoms with Crippen molar-refractivity contribution < 1.29 is 8.78 Å². The highest BCUT2D eigenvalue weighted by Crippen LogP contribution is 2.25. The normalized spacial score (nSPS) is 11.4. The Balaban J connectivity index is 2.74. The van der Waals surface area contributed by atoms with Crippen molar-refractivity contribution in [3.05, 3.63) is 36.0 Å². The van der Waals surface area contributed by atoms with Crippen molar-refractivity contribution in [1.29, 1.82) is 0 Å². The van der Waals surface area contributed by atoms with Gasteiger partial charge in [0.1, 0.15) is 0 Å². The number of rotatable bonds is 2. The van der Waals surface area contributed by atoms with Gasteiger partial charge in [-0.15, -0.1) is 0 Å². The van der Waals surface area contributed by atoms with Crippen LogP contribution < -0.4 is 0 Å². The van der Waals surface area contributed by atoms with Crippen LogP contribution in [0.3, 0.4) is 0 Å². The van der Waals surface area contributed by atoms with Crippen molar-refractivity contribution >= 4 is 10.9 Å². The smallest absolute Gasteiger partial charge is 0.291 e. The minimum Gasteiger partial charge on any atom is -0.291 e. The van der Waals surface area contributed by atoms with Crippen molar-refractivity contribution in [3.63, 3.8) is 0 Å². The summed E-state index contributed by atoms with van der Waals surface area (Å²) in [5.74, 6) is 0. The molecule has 0 spiro atoms. The first-order valence-corrected chi connectivity index (χ1v) is 4.60. The third kappa shape index (κ3) is 1.29. The van der Waals surface area contributed by atoms with Crippen molar-refractivity contribution in [2.24, 2.45) is 0 Å². The molecule has 2 aromatic rings. The van der Waals surface area contributed by atoms with Crippen LogP contribution in [0.4, 0.5) is 8.78 Å². The summed E-state index contributed by atoms with van der Waals surface area (Å²) >= 11 is 0. The Morgan fingerprint density at radius 3 is 2.71 bits per heavy atom. The van der Waals surface area contributed by atoms with E-state index in [0.29, 0.717) is 5.52 Å². The van der Waals surface area contributed by atoms with Crippen LogP contribution in [0, 0.1) is 0 Å². The molecule has 0 bridgehead atoms. The number of alkyl halides is 2. The molecular formula is C11H11F2N. The number of hydrogen-bond donors (Lipinski definition) is 0.